The summed E-state index contributed by atoms with van der Waals surface area (Å²) in [5.74, 6) is 0.514. The van der Waals surface area contributed by atoms with Crippen LogP contribution in [-0.4, -0.2) is 54.8 Å². The molecule has 2 aromatic carbocycles. The third-order valence-corrected chi connectivity index (χ3v) is 4.56. The zero-order valence-electron chi connectivity index (χ0n) is 15.1. The van der Waals surface area contributed by atoms with Crippen molar-refractivity contribution in [3.05, 3.63) is 48.5 Å². The molecule has 0 aliphatic carbocycles. The van der Waals surface area contributed by atoms with Crippen molar-refractivity contribution in [2.45, 2.75) is 12.5 Å². The molecule has 1 atom stereocenters. The number of methoxy groups -OCH3 is 1. The molecule has 3 amide bonds. The molecule has 1 aliphatic rings. The van der Waals surface area contributed by atoms with Gasteiger partial charge in [-0.15, -0.1) is 0 Å². The van der Waals surface area contributed by atoms with Gasteiger partial charge in [-0.3, -0.25) is 4.79 Å². The predicted molar refractivity (Wildman–Crippen MR) is 103 cm³/mol. The number of carbonyl (C=O) groups is 2. The molecule has 0 saturated carbocycles. The summed E-state index contributed by atoms with van der Waals surface area (Å²) in [5, 5.41) is 14.9. The second-order valence-electron chi connectivity index (χ2n) is 6.22. The van der Waals surface area contributed by atoms with E-state index in [1.54, 1.807) is 7.11 Å². The Bertz CT molecular complexity index is 807. The van der Waals surface area contributed by atoms with Gasteiger partial charge in [-0.2, -0.15) is 0 Å². The highest BCUT2D eigenvalue weighted by atomic mass is 16.5. The van der Waals surface area contributed by atoms with Crippen LogP contribution in [0.4, 0.5) is 10.5 Å². The van der Waals surface area contributed by atoms with Gasteiger partial charge in [0.05, 0.1) is 12.8 Å². The van der Waals surface area contributed by atoms with E-state index in [0.717, 1.165) is 16.9 Å². The van der Waals surface area contributed by atoms with Crippen LogP contribution in [-0.2, 0) is 4.79 Å². The lowest BCUT2D eigenvalue weighted by molar-refractivity contribution is -0.128. The molecule has 0 spiro atoms. The molecular formula is C20H23N3O4. The number of nitrogens with one attached hydrogen (secondary N) is 2. The minimum absolute atomic E-state index is 0.162. The highest BCUT2D eigenvalue weighted by Crippen LogP contribution is 2.29. The molecule has 142 valence electrons. The zero-order chi connectivity index (χ0) is 19.2. The molecule has 1 fully saturated rings. The summed E-state index contributed by atoms with van der Waals surface area (Å²) in [5.41, 5.74) is 2.46. The van der Waals surface area contributed by atoms with Crippen LogP contribution in [0.3, 0.4) is 0 Å². The maximum atomic E-state index is 12.8. The zero-order valence-corrected chi connectivity index (χ0v) is 15.1. The quantitative estimate of drug-likeness (QED) is 0.753. The first-order valence-corrected chi connectivity index (χ1v) is 8.83. The third kappa shape index (κ3) is 4.20. The van der Waals surface area contributed by atoms with E-state index in [1.807, 2.05) is 48.5 Å². The Morgan fingerprint density at radius 2 is 2.00 bits per heavy atom. The number of nitrogens with zero attached hydrogens (tertiary/aromatic N) is 1. The van der Waals surface area contributed by atoms with Gasteiger partial charge in [0.1, 0.15) is 11.8 Å². The van der Waals surface area contributed by atoms with E-state index in [-0.39, 0.29) is 25.0 Å². The summed E-state index contributed by atoms with van der Waals surface area (Å²) in [6.07, 6.45) is 0.208. The van der Waals surface area contributed by atoms with Crippen molar-refractivity contribution in [1.82, 2.24) is 10.2 Å². The number of hydrogen-bond acceptors (Lipinski definition) is 4. The Labute approximate surface area is 157 Å². The summed E-state index contributed by atoms with van der Waals surface area (Å²) in [6.45, 7) is 0.631. The van der Waals surface area contributed by atoms with Gasteiger partial charge in [0.15, 0.2) is 0 Å². The molecule has 0 bridgehead atoms. The number of carbonyl (C=O) groups excluding carboxylic acids is 2. The van der Waals surface area contributed by atoms with Gasteiger partial charge in [0.2, 0.25) is 5.91 Å². The molecule has 3 rings (SSSR count). The smallest absolute Gasteiger partial charge is 0.322 e. The summed E-state index contributed by atoms with van der Waals surface area (Å²) in [7, 11) is 1.61. The average Bonchev–Trinajstić information content (AvgIpc) is 2.70. The fourth-order valence-electron chi connectivity index (χ4n) is 3.17. The Balaban J connectivity index is 1.82. The second kappa shape index (κ2) is 8.55. The van der Waals surface area contributed by atoms with E-state index < -0.39 is 6.04 Å². The number of anilines is 1. The molecule has 7 heteroatoms. The molecule has 0 aromatic heterocycles. The Kier molecular flexibility index (Phi) is 5.93. The SMILES string of the molecule is COc1ccc(-c2ccccc2NC(=O)N2CCNC(=O)C2CCO)cc1. The number of hydrogen-bond donors (Lipinski definition) is 3. The molecule has 2 aromatic rings. The molecule has 7 nitrogen and oxygen atoms in total. The van der Waals surface area contributed by atoms with Crippen LogP contribution in [0.5, 0.6) is 5.75 Å². The number of rotatable bonds is 5. The number of para-hydroxylation sites is 1. The second-order valence-corrected chi connectivity index (χ2v) is 6.22. The van der Waals surface area contributed by atoms with Crippen LogP contribution < -0.4 is 15.4 Å². The summed E-state index contributed by atoms with van der Waals surface area (Å²) < 4.78 is 5.19. The van der Waals surface area contributed by atoms with Crippen LogP contribution in [0.15, 0.2) is 48.5 Å². The van der Waals surface area contributed by atoms with Gasteiger partial charge in [-0.1, -0.05) is 30.3 Å². The summed E-state index contributed by atoms with van der Waals surface area (Å²) in [6, 6.07) is 14.0. The van der Waals surface area contributed by atoms with Crippen molar-refractivity contribution >= 4 is 17.6 Å². The van der Waals surface area contributed by atoms with Crippen LogP contribution in [0.2, 0.25) is 0 Å². The number of urea groups is 1. The largest absolute Gasteiger partial charge is 0.497 e. The fraction of sp³-hybridized carbons (Fsp3) is 0.300. The van der Waals surface area contributed by atoms with E-state index >= 15 is 0 Å². The van der Waals surface area contributed by atoms with E-state index in [4.69, 9.17) is 4.74 Å². The molecule has 1 aliphatic heterocycles. The first-order valence-electron chi connectivity index (χ1n) is 8.83. The van der Waals surface area contributed by atoms with Crippen molar-refractivity contribution in [3.63, 3.8) is 0 Å². The van der Waals surface area contributed by atoms with Gasteiger partial charge in [-0.25, -0.2) is 4.79 Å². The number of piperazine rings is 1. The van der Waals surface area contributed by atoms with Crippen molar-refractivity contribution < 1.29 is 19.4 Å². The van der Waals surface area contributed by atoms with Gasteiger partial charge < -0.3 is 25.4 Å². The minimum Gasteiger partial charge on any atom is -0.497 e. The van der Waals surface area contributed by atoms with Crippen LogP contribution in [0.25, 0.3) is 11.1 Å². The normalized spacial score (nSPS) is 16.6. The van der Waals surface area contributed by atoms with Gasteiger partial charge in [-0.05, 0) is 30.2 Å². The Morgan fingerprint density at radius 1 is 1.26 bits per heavy atom. The fourth-order valence-corrected chi connectivity index (χ4v) is 3.17. The number of aliphatic hydroxyl groups excluding tert-OH is 1. The highest BCUT2D eigenvalue weighted by Gasteiger charge is 2.32. The topological polar surface area (TPSA) is 90.9 Å². The molecule has 0 radical (unpaired) electrons. The Hall–Kier alpha value is -3.06. The standard InChI is InChI=1S/C20H23N3O4/c1-27-15-8-6-14(7-9-15)16-4-2-3-5-17(16)22-20(26)23-12-11-21-19(25)18(23)10-13-24/h2-9,18,24H,10-13H2,1H3,(H,21,25)(H,22,26). The van der Waals surface area contributed by atoms with Gasteiger partial charge in [0.25, 0.3) is 0 Å². The third-order valence-electron chi connectivity index (χ3n) is 4.56. The minimum atomic E-state index is -0.670. The van der Waals surface area contributed by atoms with Gasteiger partial charge in [0, 0.05) is 25.3 Å². The predicted octanol–water partition coefficient (Wildman–Crippen LogP) is 2.08. The Morgan fingerprint density at radius 3 is 2.70 bits per heavy atom. The van der Waals surface area contributed by atoms with E-state index in [1.165, 1.54) is 4.90 Å². The van der Waals surface area contributed by atoms with E-state index in [2.05, 4.69) is 10.6 Å². The number of aliphatic hydroxyl groups is 1. The first kappa shape index (κ1) is 18.7. The molecule has 1 unspecified atom stereocenters. The summed E-state index contributed by atoms with van der Waals surface area (Å²) >= 11 is 0. The van der Waals surface area contributed by atoms with Crippen molar-refractivity contribution in [2.75, 3.05) is 32.1 Å². The molecule has 1 heterocycles. The summed E-state index contributed by atoms with van der Waals surface area (Å²) in [4.78, 5) is 26.3. The first-order chi connectivity index (χ1) is 13.1. The van der Waals surface area contributed by atoms with E-state index in [9.17, 15) is 14.7 Å². The highest BCUT2D eigenvalue weighted by molar-refractivity contribution is 5.97. The van der Waals surface area contributed by atoms with Gasteiger partial charge >= 0.3 is 6.03 Å². The van der Waals surface area contributed by atoms with Crippen molar-refractivity contribution in [3.8, 4) is 16.9 Å². The van der Waals surface area contributed by atoms with E-state index in [0.29, 0.717) is 18.8 Å². The molecule has 1 saturated heterocycles. The maximum absolute atomic E-state index is 12.8. The lowest BCUT2D eigenvalue weighted by Crippen LogP contribution is -2.58. The maximum Gasteiger partial charge on any atom is 0.322 e. The molecular weight excluding hydrogens is 346 g/mol. The molecule has 27 heavy (non-hydrogen) atoms. The van der Waals surface area contributed by atoms with Crippen LogP contribution >= 0.6 is 0 Å². The van der Waals surface area contributed by atoms with Crippen LogP contribution in [0, 0.1) is 0 Å². The lowest BCUT2D eigenvalue weighted by Gasteiger charge is -2.34. The number of amides is 3. The lowest BCUT2D eigenvalue weighted by atomic mass is 10.0. The van der Waals surface area contributed by atoms with Crippen molar-refractivity contribution in [1.29, 1.82) is 0 Å². The number of benzene rings is 2. The monoisotopic (exact) mass is 369 g/mol. The molecule has 3 N–H and O–H groups in total. The average molecular weight is 369 g/mol. The van der Waals surface area contributed by atoms with Crippen molar-refractivity contribution in [2.24, 2.45) is 0 Å². The van der Waals surface area contributed by atoms with Crippen LogP contribution in [0.1, 0.15) is 6.42 Å². The number of ether oxygens (including phenoxy) is 1.